The summed E-state index contributed by atoms with van der Waals surface area (Å²) >= 11 is 0. The van der Waals surface area contributed by atoms with Crippen molar-refractivity contribution < 1.29 is 14.6 Å². The number of carbonyl (C=O) groups excluding carboxylic acids is 1. The van der Waals surface area contributed by atoms with E-state index in [-0.39, 0.29) is 11.4 Å². The zero-order chi connectivity index (χ0) is 13.1. The van der Waals surface area contributed by atoms with E-state index >= 15 is 0 Å². The summed E-state index contributed by atoms with van der Waals surface area (Å²) in [6.07, 6.45) is 4.50. The molecule has 3 aliphatic rings. The first-order valence-electron chi connectivity index (χ1n) is 6.69. The van der Waals surface area contributed by atoms with Crippen molar-refractivity contribution in [2.45, 2.75) is 51.7 Å². The zero-order valence-electron chi connectivity index (χ0n) is 11.1. The van der Waals surface area contributed by atoms with Crippen LogP contribution in [-0.2, 0) is 9.53 Å². The van der Waals surface area contributed by atoms with Gasteiger partial charge in [0, 0.05) is 17.6 Å². The number of fused-ring (bicyclic) bond motifs is 2. The lowest BCUT2D eigenvalue weighted by Gasteiger charge is -2.50. The highest BCUT2D eigenvalue weighted by Crippen LogP contribution is 2.58. The molecule has 0 aromatic carbocycles. The molecule has 98 valence electrons. The summed E-state index contributed by atoms with van der Waals surface area (Å²) in [5.74, 6) is -1.32. The number of esters is 1. The lowest BCUT2D eigenvalue weighted by molar-refractivity contribution is -0.203. The lowest BCUT2D eigenvalue weighted by atomic mass is 9.56. The minimum atomic E-state index is -1.34. The molecular formula is C15H20O3. The minimum Gasteiger partial charge on any atom is -0.426 e. The van der Waals surface area contributed by atoms with Crippen molar-refractivity contribution in [2.24, 2.45) is 11.3 Å². The monoisotopic (exact) mass is 248 g/mol. The summed E-state index contributed by atoms with van der Waals surface area (Å²) in [5, 5.41) is 10.6. The summed E-state index contributed by atoms with van der Waals surface area (Å²) in [6, 6.07) is 0. The predicted molar refractivity (Wildman–Crippen MR) is 67.6 cm³/mol. The molecule has 0 spiro atoms. The Kier molecular flexibility index (Phi) is 2.31. The Morgan fingerprint density at radius 3 is 2.94 bits per heavy atom. The first-order valence-corrected chi connectivity index (χ1v) is 6.69. The van der Waals surface area contributed by atoms with Gasteiger partial charge < -0.3 is 9.84 Å². The summed E-state index contributed by atoms with van der Waals surface area (Å²) in [6.45, 7) is 8.14. The standard InChI is InChI=1S/C15H20O3/c1-9-5-4-6-14(3)8-15(17)12(7-11(9)14)10(2)13(16)18-15/h11,17H,1,4-8H2,2-3H3/t11-,14-,15-/m1/s1. The van der Waals surface area contributed by atoms with Crippen molar-refractivity contribution >= 4 is 5.97 Å². The molecule has 3 rings (SSSR count). The predicted octanol–water partition coefficient (Wildman–Crippen LogP) is 2.70. The molecule has 3 nitrogen and oxygen atoms in total. The molecule has 1 aliphatic heterocycles. The van der Waals surface area contributed by atoms with E-state index in [4.69, 9.17) is 4.74 Å². The maximum atomic E-state index is 11.7. The van der Waals surface area contributed by atoms with Crippen molar-refractivity contribution in [3.63, 3.8) is 0 Å². The second-order valence-corrected chi connectivity index (χ2v) is 6.38. The smallest absolute Gasteiger partial charge is 0.336 e. The average Bonchev–Trinajstić information content (AvgIpc) is 2.46. The number of hydrogen-bond acceptors (Lipinski definition) is 3. The van der Waals surface area contributed by atoms with Gasteiger partial charge >= 0.3 is 5.97 Å². The van der Waals surface area contributed by atoms with Crippen LogP contribution in [0.1, 0.15) is 46.0 Å². The highest BCUT2D eigenvalue weighted by Gasteiger charge is 2.56. The van der Waals surface area contributed by atoms with Crippen LogP contribution in [0.25, 0.3) is 0 Å². The quantitative estimate of drug-likeness (QED) is 0.529. The third-order valence-corrected chi connectivity index (χ3v) is 5.12. The van der Waals surface area contributed by atoms with Gasteiger partial charge in [0.05, 0.1) is 0 Å². The zero-order valence-corrected chi connectivity index (χ0v) is 11.1. The molecule has 0 radical (unpaired) electrons. The number of aliphatic hydroxyl groups is 1. The molecule has 0 amide bonds. The highest BCUT2D eigenvalue weighted by atomic mass is 16.7. The van der Waals surface area contributed by atoms with Gasteiger partial charge in [0.25, 0.3) is 0 Å². The minimum absolute atomic E-state index is 0.0124. The van der Waals surface area contributed by atoms with E-state index < -0.39 is 5.79 Å². The van der Waals surface area contributed by atoms with Gasteiger partial charge in [-0.2, -0.15) is 0 Å². The van der Waals surface area contributed by atoms with Crippen molar-refractivity contribution in [1.82, 2.24) is 0 Å². The summed E-state index contributed by atoms with van der Waals surface area (Å²) in [4.78, 5) is 11.7. The largest absolute Gasteiger partial charge is 0.426 e. The van der Waals surface area contributed by atoms with Crippen LogP contribution >= 0.6 is 0 Å². The average molecular weight is 248 g/mol. The van der Waals surface area contributed by atoms with Crippen LogP contribution in [0.5, 0.6) is 0 Å². The summed E-state index contributed by atoms with van der Waals surface area (Å²) in [7, 11) is 0. The number of carbonyl (C=O) groups is 1. The van der Waals surface area contributed by atoms with Gasteiger partial charge in [-0.25, -0.2) is 4.79 Å². The molecule has 0 unspecified atom stereocenters. The highest BCUT2D eigenvalue weighted by molar-refractivity contribution is 5.92. The van der Waals surface area contributed by atoms with Crippen LogP contribution in [0.2, 0.25) is 0 Å². The molecule has 0 aromatic rings. The van der Waals surface area contributed by atoms with Crippen LogP contribution in [0.3, 0.4) is 0 Å². The molecule has 3 atom stereocenters. The topological polar surface area (TPSA) is 46.5 Å². The fourth-order valence-electron chi connectivity index (χ4n) is 4.08. The fourth-order valence-corrected chi connectivity index (χ4v) is 4.08. The van der Waals surface area contributed by atoms with E-state index in [1.807, 2.05) is 0 Å². The molecule has 2 aliphatic carbocycles. The van der Waals surface area contributed by atoms with Gasteiger partial charge in [0.2, 0.25) is 5.79 Å². The molecule has 2 saturated carbocycles. The number of hydrogen-bond donors (Lipinski definition) is 1. The molecular weight excluding hydrogens is 228 g/mol. The maximum absolute atomic E-state index is 11.7. The van der Waals surface area contributed by atoms with Crippen LogP contribution in [0.15, 0.2) is 23.3 Å². The van der Waals surface area contributed by atoms with Gasteiger partial charge in [-0.05, 0) is 43.9 Å². The Balaban J connectivity index is 2.04. The maximum Gasteiger partial charge on any atom is 0.336 e. The van der Waals surface area contributed by atoms with Gasteiger partial charge in [-0.3, -0.25) is 0 Å². The molecule has 1 heterocycles. The lowest BCUT2D eigenvalue weighted by Crippen LogP contribution is -2.48. The third kappa shape index (κ3) is 1.43. The first kappa shape index (κ1) is 12.0. The van der Waals surface area contributed by atoms with Gasteiger partial charge in [0.1, 0.15) is 0 Å². The van der Waals surface area contributed by atoms with Crippen LogP contribution in [0.4, 0.5) is 0 Å². The number of ether oxygens (including phenoxy) is 1. The molecule has 2 fully saturated rings. The first-order chi connectivity index (χ1) is 8.36. The molecule has 0 aromatic heterocycles. The summed E-state index contributed by atoms with van der Waals surface area (Å²) in [5.41, 5.74) is 2.67. The second kappa shape index (κ2) is 3.47. The Morgan fingerprint density at radius 1 is 1.50 bits per heavy atom. The molecule has 0 bridgehead atoms. The van der Waals surface area contributed by atoms with Crippen molar-refractivity contribution in [2.75, 3.05) is 0 Å². The summed E-state index contributed by atoms with van der Waals surface area (Å²) < 4.78 is 5.23. The van der Waals surface area contributed by atoms with E-state index in [0.717, 1.165) is 31.3 Å². The van der Waals surface area contributed by atoms with Gasteiger partial charge in [-0.1, -0.05) is 19.1 Å². The van der Waals surface area contributed by atoms with E-state index in [2.05, 4.69) is 13.5 Å². The SMILES string of the molecule is C=C1CCC[C@]2(C)C[C@@]3(O)OC(=O)C(C)=C3C[C@H]12. The van der Waals surface area contributed by atoms with Gasteiger partial charge in [0.15, 0.2) is 0 Å². The van der Waals surface area contributed by atoms with Crippen LogP contribution in [-0.4, -0.2) is 16.9 Å². The normalized spacial score (nSPS) is 43.6. The van der Waals surface area contributed by atoms with Crippen molar-refractivity contribution in [1.29, 1.82) is 0 Å². The van der Waals surface area contributed by atoms with E-state index in [9.17, 15) is 9.90 Å². The van der Waals surface area contributed by atoms with Crippen molar-refractivity contribution in [3.8, 4) is 0 Å². The fraction of sp³-hybridized carbons (Fsp3) is 0.667. The van der Waals surface area contributed by atoms with E-state index in [1.54, 1.807) is 6.92 Å². The number of rotatable bonds is 0. The Bertz CT molecular complexity index is 476. The number of allylic oxidation sites excluding steroid dienone is 1. The van der Waals surface area contributed by atoms with Gasteiger partial charge in [-0.15, -0.1) is 0 Å². The molecule has 1 N–H and O–H groups in total. The van der Waals surface area contributed by atoms with Crippen LogP contribution in [0, 0.1) is 11.3 Å². The molecule has 18 heavy (non-hydrogen) atoms. The van der Waals surface area contributed by atoms with E-state index in [1.165, 1.54) is 5.57 Å². The Hall–Kier alpha value is -1.09. The molecule has 3 heteroatoms. The van der Waals surface area contributed by atoms with Crippen LogP contribution < -0.4 is 0 Å². The second-order valence-electron chi connectivity index (χ2n) is 6.38. The third-order valence-electron chi connectivity index (χ3n) is 5.12. The molecule has 0 saturated heterocycles. The van der Waals surface area contributed by atoms with Crippen molar-refractivity contribution in [3.05, 3.63) is 23.3 Å². The van der Waals surface area contributed by atoms with E-state index in [0.29, 0.717) is 17.9 Å². The Morgan fingerprint density at radius 2 is 2.22 bits per heavy atom. The Labute approximate surface area is 108 Å².